The molecule has 1 aromatic heterocycles. The summed E-state index contributed by atoms with van der Waals surface area (Å²) in [5, 5.41) is 14.6. The zero-order valence-corrected chi connectivity index (χ0v) is 22.4. The Hall–Kier alpha value is -4.25. The summed E-state index contributed by atoms with van der Waals surface area (Å²) < 4.78 is 17.7. The molecule has 0 aliphatic carbocycles. The number of ether oxygens (including phenoxy) is 3. The van der Waals surface area contributed by atoms with Crippen molar-refractivity contribution >= 4 is 35.3 Å². The number of hydrogen-bond acceptors (Lipinski definition) is 8. The lowest BCUT2D eigenvalue weighted by molar-refractivity contribution is -0.116. The highest BCUT2D eigenvalue weighted by Gasteiger charge is 2.14. The number of carbonyl (C=O) groups excluding carboxylic acids is 2. The van der Waals surface area contributed by atoms with Gasteiger partial charge in [-0.2, -0.15) is 0 Å². The number of nitrogens with one attached hydrogen (secondary N) is 2. The minimum absolute atomic E-state index is 0.142. The predicted molar refractivity (Wildman–Crippen MR) is 148 cm³/mol. The lowest BCUT2D eigenvalue weighted by Gasteiger charge is -2.09. The first kappa shape index (κ1) is 28.3. The molecule has 0 aliphatic heterocycles. The molecule has 38 heavy (non-hydrogen) atoms. The van der Waals surface area contributed by atoms with Crippen molar-refractivity contribution in [3.05, 3.63) is 72.6 Å². The van der Waals surface area contributed by atoms with Crippen LogP contribution in [0.15, 0.2) is 66.4 Å². The van der Waals surface area contributed by atoms with Crippen molar-refractivity contribution < 1.29 is 23.8 Å². The van der Waals surface area contributed by atoms with Crippen LogP contribution in [-0.2, 0) is 22.7 Å². The van der Waals surface area contributed by atoms with Gasteiger partial charge >= 0.3 is 0 Å². The summed E-state index contributed by atoms with van der Waals surface area (Å²) in [6, 6.07) is 12.5. The summed E-state index contributed by atoms with van der Waals surface area (Å²) in [5.74, 6) is 2.15. The number of rotatable bonds is 14. The van der Waals surface area contributed by atoms with E-state index >= 15 is 0 Å². The summed E-state index contributed by atoms with van der Waals surface area (Å²) in [6.07, 6.45) is 4.81. The van der Waals surface area contributed by atoms with E-state index in [0.29, 0.717) is 41.3 Å². The van der Waals surface area contributed by atoms with Crippen molar-refractivity contribution in [1.82, 2.24) is 20.1 Å². The molecule has 0 spiro atoms. The monoisotopic (exact) mass is 537 g/mol. The summed E-state index contributed by atoms with van der Waals surface area (Å²) >= 11 is 1.25. The van der Waals surface area contributed by atoms with Gasteiger partial charge in [0, 0.05) is 18.3 Å². The molecule has 2 aromatic carbocycles. The van der Waals surface area contributed by atoms with Crippen molar-refractivity contribution in [2.45, 2.75) is 25.2 Å². The van der Waals surface area contributed by atoms with Crippen LogP contribution in [0.4, 0.5) is 5.69 Å². The molecule has 0 saturated heterocycles. The summed E-state index contributed by atoms with van der Waals surface area (Å²) in [4.78, 5) is 24.8. The minimum Gasteiger partial charge on any atom is -0.494 e. The molecule has 0 radical (unpaired) electrons. The maximum atomic E-state index is 12.4. The molecule has 0 bridgehead atoms. The maximum Gasteiger partial charge on any atom is 0.244 e. The van der Waals surface area contributed by atoms with E-state index in [2.05, 4.69) is 27.4 Å². The van der Waals surface area contributed by atoms with Crippen molar-refractivity contribution in [2.24, 2.45) is 0 Å². The Labute approximate surface area is 226 Å². The Morgan fingerprint density at radius 3 is 2.53 bits per heavy atom. The van der Waals surface area contributed by atoms with Crippen LogP contribution in [0.2, 0.25) is 0 Å². The van der Waals surface area contributed by atoms with Crippen molar-refractivity contribution in [3.8, 4) is 17.2 Å². The van der Waals surface area contributed by atoms with Gasteiger partial charge in [0.25, 0.3) is 0 Å². The number of hydrogen-bond donors (Lipinski definition) is 2. The van der Waals surface area contributed by atoms with E-state index in [-0.39, 0.29) is 24.1 Å². The van der Waals surface area contributed by atoms with Crippen LogP contribution in [0.5, 0.6) is 17.2 Å². The number of amides is 2. The largest absolute Gasteiger partial charge is 0.494 e. The van der Waals surface area contributed by atoms with Crippen molar-refractivity contribution in [2.75, 3.05) is 31.9 Å². The lowest BCUT2D eigenvalue weighted by Crippen LogP contribution is -2.23. The van der Waals surface area contributed by atoms with Gasteiger partial charge in [0.2, 0.25) is 11.8 Å². The molecule has 0 aliphatic rings. The van der Waals surface area contributed by atoms with Gasteiger partial charge in [-0.05, 0) is 55.0 Å². The van der Waals surface area contributed by atoms with Gasteiger partial charge in [-0.15, -0.1) is 16.8 Å². The smallest absolute Gasteiger partial charge is 0.244 e. The molecule has 11 heteroatoms. The van der Waals surface area contributed by atoms with E-state index in [1.165, 1.54) is 17.8 Å². The van der Waals surface area contributed by atoms with E-state index in [9.17, 15) is 9.59 Å². The fourth-order valence-corrected chi connectivity index (χ4v) is 4.12. The maximum absolute atomic E-state index is 12.4. The van der Waals surface area contributed by atoms with Gasteiger partial charge in [-0.3, -0.25) is 9.59 Å². The van der Waals surface area contributed by atoms with E-state index < -0.39 is 0 Å². The van der Waals surface area contributed by atoms with Crippen LogP contribution < -0.4 is 24.8 Å². The average Bonchev–Trinajstić information content (AvgIpc) is 3.32. The van der Waals surface area contributed by atoms with Gasteiger partial charge in [0.05, 0.1) is 33.1 Å². The Balaban J connectivity index is 1.55. The second-order valence-electron chi connectivity index (χ2n) is 7.76. The molecule has 3 aromatic rings. The normalized spacial score (nSPS) is 10.7. The number of allylic oxidation sites excluding steroid dienone is 1. The van der Waals surface area contributed by atoms with Crippen LogP contribution in [0.1, 0.15) is 18.3 Å². The van der Waals surface area contributed by atoms with Gasteiger partial charge < -0.3 is 29.4 Å². The first-order valence-corrected chi connectivity index (χ1v) is 12.8. The molecule has 3 rings (SSSR count). The highest BCUT2D eigenvalue weighted by atomic mass is 32.2. The Morgan fingerprint density at radius 2 is 1.84 bits per heavy atom. The lowest BCUT2D eigenvalue weighted by atomic mass is 10.2. The minimum atomic E-state index is -0.295. The summed E-state index contributed by atoms with van der Waals surface area (Å²) in [6.45, 7) is 6.87. The third-order valence-electron chi connectivity index (χ3n) is 5.14. The summed E-state index contributed by atoms with van der Waals surface area (Å²) in [5.41, 5.74) is 1.46. The van der Waals surface area contributed by atoms with Crippen LogP contribution >= 0.6 is 11.8 Å². The zero-order chi connectivity index (χ0) is 27.3. The van der Waals surface area contributed by atoms with Gasteiger partial charge in [0.1, 0.15) is 5.75 Å². The fraction of sp³-hybridized carbons (Fsp3) is 0.259. The van der Waals surface area contributed by atoms with Crippen LogP contribution in [-0.4, -0.2) is 53.2 Å². The molecule has 0 unspecified atom stereocenters. The second-order valence-corrected chi connectivity index (χ2v) is 8.70. The number of anilines is 1. The SMILES string of the molecule is C=CCn1c(CNC(=O)/C=C/c2ccc(OC)c(OC)c2)nnc1SCC(=O)Nc1ccc(OCC)cc1. The first-order chi connectivity index (χ1) is 18.5. The predicted octanol–water partition coefficient (Wildman–Crippen LogP) is 3.94. The molecule has 2 amide bonds. The molecule has 10 nitrogen and oxygen atoms in total. The van der Waals surface area contributed by atoms with Crippen LogP contribution in [0.25, 0.3) is 6.08 Å². The van der Waals surface area contributed by atoms with E-state index in [1.807, 2.05) is 13.0 Å². The number of carbonyl (C=O) groups is 2. The number of benzene rings is 2. The third kappa shape index (κ3) is 8.13. The van der Waals surface area contributed by atoms with Gasteiger partial charge in [0.15, 0.2) is 22.5 Å². The standard InChI is InChI=1S/C27H31N5O5S/c1-5-15-32-24(17-28-25(33)14-8-19-7-13-22(35-3)23(16-19)36-4)30-31-27(32)38-18-26(34)29-20-9-11-21(12-10-20)37-6-2/h5,7-14,16H,1,6,15,17-18H2,2-4H3,(H,28,33)(H,29,34)/b14-8+. The van der Waals surface area contributed by atoms with Crippen LogP contribution in [0, 0.1) is 0 Å². The summed E-state index contributed by atoms with van der Waals surface area (Å²) in [7, 11) is 3.12. The second kappa shape index (κ2) is 14.5. The number of methoxy groups -OCH3 is 2. The average molecular weight is 538 g/mol. The van der Waals surface area contributed by atoms with Crippen LogP contribution in [0.3, 0.4) is 0 Å². The van der Waals surface area contributed by atoms with E-state index in [1.54, 1.807) is 67.3 Å². The molecule has 0 saturated carbocycles. The molecule has 0 atom stereocenters. The van der Waals surface area contributed by atoms with Gasteiger partial charge in [-0.25, -0.2) is 0 Å². The fourth-order valence-electron chi connectivity index (χ4n) is 3.35. The first-order valence-electron chi connectivity index (χ1n) is 11.8. The number of nitrogens with zero attached hydrogens (tertiary/aromatic N) is 3. The highest BCUT2D eigenvalue weighted by molar-refractivity contribution is 7.99. The zero-order valence-electron chi connectivity index (χ0n) is 21.6. The van der Waals surface area contributed by atoms with Crippen molar-refractivity contribution in [3.63, 3.8) is 0 Å². The highest BCUT2D eigenvalue weighted by Crippen LogP contribution is 2.28. The molecule has 200 valence electrons. The Kier molecular flexibility index (Phi) is 10.8. The molecular formula is C27H31N5O5S. The molecule has 0 fully saturated rings. The Morgan fingerprint density at radius 1 is 1.08 bits per heavy atom. The third-order valence-corrected chi connectivity index (χ3v) is 6.11. The van der Waals surface area contributed by atoms with E-state index in [0.717, 1.165) is 11.3 Å². The quantitative estimate of drug-likeness (QED) is 0.180. The number of aromatic nitrogens is 3. The molecule has 1 heterocycles. The number of thioether (sulfide) groups is 1. The topological polar surface area (TPSA) is 117 Å². The van der Waals surface area contributed by atoms with Gasteiger partial charge in [-0.1, -0.05) is 23.9 Å². The van der Waals surface area contributed by atoms with Crippen molar-refractivity contribution in [1.29, 1.82) is 0 Å². The molecule has 2 N–H and O–H groups in total. The molecular weight excluding hydrogens is 506 g/mol. The van der Waals surface area contributed by atoms with E-state index in [4.69, 9.17) is 14.2 Å². The Bertz CT molecular complexity index is 1270.